The van der Waals surface area contributed by atoms with Crippen LogP contribution in [0.25, 0.3) is 21.5 Å². The van der Waals surface area contributed by atoms with E-state index in [1.807, 2.05) is 43.3 Å². The summed E-state index contributed by atoms with van der Waals surface area (Å²) in [6.07, 6.45) is 1.50. The minimum absolute atomic E-state index is 0.172. The molecular formula is C22H20N4O3S. The van der Waals surface area contributed by atoms with Crippen LogP contribution in [0, 0.1) is 0 Å². The molecule has 2 aromatic carbocycles. The Hall–Kier alpha value is -3.52. The van der Waals surface area contributed by atoms with Crippen LogP contribution in [0.2, 0.25) is 0 Å². The fraction of sp³-hybridized carbons (Fsp3) is 0.182. The Morgan fingerprint density at radius 3 is 2.73 bits per heavy atom. The molecule has 0 aliphatic heterocycles. The zero-order valence-corrected chi connectivity index (χ0v) is 17.2. The normalized spacial score (nSPS) is 10.8. The second kappa shape index (κ2) is 8.87. The first-order valence-corrected chi connectivity index (χ1v) is 10.4. The summed E-state index contributed by atoms with van der Waals surface area (Å²) in [5.74, 6) is 0.595. The van der Waals surface area contributed by atoms with E-state index in [1.54, 1.807) is 11.6 Å². The van der Waals surface area contributed by atoms with Crippen molar-refractivity contribution in [2.75, 3.05) is 13.2 Å². The van der Waals surface area contributed by atoms with Crippen molar-refractivity contribution in [2.24, 2.45) is 0 Å². The Kier molecular flexibility index (Phi) is 5.85. The highest BCUT2D eigenvalue weighted by Crippen LogP contribution is 2.20. The van der Waals surface area contributed by atoms with Crippen LogP contribution in [-0.2, 0) is 6.54 Å². The first kappa shape index (κ1) is 19.8. The number of nitrogens with one attached hydrogen (secondary N) is 1. The van der Waals surface area contributed by atoms with Crippen molar-refractivity contribution < 1.29 is 9.53 Å². The van der Waals surface area contributed by atoms with Crippen LogP contribution in [0.15, 0.2) is 65.2 Å². The Morgan fingerprint density at radius 2 is 1.97 bits per heavy atom. The largest absolute Gasteiger partial charge is 0.494 e. The number of amides is 1. The molecule has 0 aliphatic carbocycles. The number of ether oxygens (including phenoxy) is 1. The second-order valence-electron chi connectivity index (χ2n) is 6.55. The molecular weight excluding hydrogens is 400 g/mol. The average molecular weight is 420 g/mol. The topological polar surface area (TPSA) is 86.1 Å². The number of benzene rings is 2. The quantitative estimate of drug-likeness (QED) is 0.496. The number of aromatic nitrogens is 3. The summed E-state index contributed by atoms with van der Waals surface area (Å²) in [6, 6.07) is 14.3. The lowest BCUT2D eigenvalue weighted by Crippen LogP contribution is -2.30. The minimum Gasteiger partial charge on any atom is -0.494 e. The standard InChI is InChI=1S/C22H20N4O3S/c1-2-29-17-6-3-15(4-7-17)19-12-21(27)26(13-24-19)10-9-23-22(28)16-5-8-18-20(11-16)30-14-25-18/h3-8,11-14H,2,9-10H2,1H3,(H,23,28). The van der Waals surface area contributed by atoms with Crippen LogP contribution in [0.1, 0.15) is 17.3 Å². The molecule has 1 N–H and O–H groups in total. The van der Waals surface area contributed by atoms with Gasteiger partial charge in [0.05, 0.1) is 34.4 Å². The third-order valence-electron chi connectivity index (χ3n) is 4.57. The molecule has 0 bridgehead atoms. The summed E-state index contributed by atoms with van der Waals surface area (Å²) >= 11 is 1.49. The number of thiazole rings is 1. The highest BCUT2D eigenvalue weighted by molar-refractivity contribution is 7.16. The van der Waals surface area contributed by atoms with E-state index in [0.717, 1.165) is 21.5 Å². The van der Waals surface area contributed by atoms with Crippen molar-refractivity contribution in [3.05, 3.63) is 76.3 Å². The molecule has 4 rings (SSSR count). The number of carbonyl (C=O) groups excluding carboxylic acids is 1. The molecule has 4 aromatic rings. The smallest absolute Gasteiger partial charge is 0.253 e. The molecule has 8 heteroatoms. The predicted molar refractivity (Wildman–Crippen MR) is 117 cm³/mol. The van der Waals surface area contributed by atoms with Crippen molar-refractivity contribution in [2.45, 2.75) is 13.5 Å². The van der Waals surface area contributed by atoms with Gasteiger partial charge in [-0.1, -0.05) is 0 Å². The fourth-order valence-corrected chi connectivity index (χ4v) is 3.74. The van der Waals surface area contributed by atoms with Crippen molar-refractivity contribution in [3.8, 4) is 17.0 Å². The number of rotatable bonds is 7. The Morgan fingerprint density at radius 1 is 1.13 bits per heavy atom. The molecule has 0 unspecified atom stereocenters. The molecule has 30 heavy (non-hydrogen) atoms. The lowest BCUT2D eigenvalue weighted by molar-refractivity contribution is 0.0952. The third-order valence-corrected chi connectivity index (χ3v) is 5.36. The maximum atomic E-state index is 12.4. The molecule has 0 spiro atoms. The van der Waals surface area contributed by atoms with Gasteiger partial charge in [0.1, 0.15) is 5.75 Å². The molecule has 0 atom stereocenters. The number of fused-ring (bicyclic) bond motifs is 1. The summed E-state index contributed by atoms with van der Waals surface area (Å²) in [6.45, 7) is 3.19. The van der Waals surface area contributed by atoms with Gasteiger partial charge in [0.25, 0.3) is 11.5 Å². The molecule has 152 valence electrons. The van der Waals surface area contributed by atoms with Crippen LogP contribution >= 0.6 is 11.3 Å². The van der Waals surface area contributed by atoms with Crippen molar-refractivity contribution >= 4 is 27.5 Å². The van der Waals surface area contributed by atoms with Crippen LogP contribution in [0.3, 0.4) is 0 Å². The Labute approximate surface area is 177 Å². The zero-order valence-electron chi connectivity index (χ0n) is 16.4. The van der Waals surface area contributed by atoms with Crippen molar-refractivity contribution in [1.82, 2.24) is 19.9 Å². The van der Waals surface area contributed by atoms with E-state index >= 15 is 0 Å². The van der Waals surface area contributed by atoms with Gasteiger partial charge in [-0.25, -0.2) is 9.97 Å². The summed E-state index contributed by atoms with van der Waals surface area (Å²) < 4.78 is 7.87. The lowest BCUT2D eigenvalue weighted by Gasteiger charge is -2.09. The lowest BCUT2D eigenvalue weighted by atomic mass is 10.1. The third kappa shape index (κ3) is 4.38. The van der Waals surface area contributed by atoms with Crippen LogP contribution < -0.4 is 15.6 Å². The zero-order chi connectivity index (χ0) is 20.9. The van der Waals surface area contributed by atoms with Crippen molar-refractivity contribution in [1.29, 1.82) is 0 Å². The van der Waals surface area contributed by atoms with Gasteiger partial charge in [-0.3, -0.25) is 14.2 Å². The summed E-state index contributed by atoms with van der Waals surface area (Å²) in [5.41, 5.74) is 4.47. The maximum absolute atomic E-state index is 12.4. The number of hydrogen-bond donors (Lipinski definition) is 1. The number of hydrogen-bond acceptors (Lipinski definition) is 6. The van der Waals surface area contributed by atoms with Gasteiger partial charge in [-0.15, -0.1) is 11.3 Å². The highest BCUT2D eigenvalue weighted by atomic mass is 32.1. The van der Waals surface area contributed by atoms with Gasteiger partial charge in [0, 0.05) is 30.3 Å². The van der Waals surface area contributed by atoms with Gasteiger partial charge in [-0.2, -0.15) is 0 Å². The number of nitrogens with zero attached hydrogens (tertiary/aromatic N) is 3. The SMILES string of the molecule is CCOc1ccc(-c2cc(=O)n(CCNC(=O)c3ccc4ncsc4c3)cn2)cc1. The van der Waals surface area contributed by atoms with E-state index in [9.17, 15) is 9.59 Å². The number of carbonyl (C=O) groups is 1. The van der Waals surface area contributed by atoms with Gasteiger partial charge in [0.2, 0.25) is 0 Å². The first-order chi connectivity index (χ1) is 14.6. The average Bonchev–Trinajstić information content (AvgIpc) is 3.23. The Balaban J connectivity index is 1.37. The van der Waals surface area contributed by atoms with Crippen LogP contribution in [0.4, 0.5) is 0 Å². The van der Waals surface area contributed by atoms with E-state index < -0.39 is 0 Å². The minimum atomic E-state index is -0.183. The monoisotopic (exact) mass is 420 g/mol. The van der Waals surface area contributed by atoms with Crippen LogP contribution in [0.5, 0.6) is 5.75 Å². The predicted octanol–water partition coefficient (Wildman–Crippen LogP) is 3.35. The molecule has 1 amide bonds. The first-order valence-electron chi connectivity index (χ1n) is 9.55. The van der Waals surface area contributed by atoms with E-state index in [0.29, 0.717) is 31.0 Å². The second-order valence-corrected chi connectivity index (χ2v) is 7.44. The Bertz CT molecular complexity index is 1230. The molecule has 0 radical (unpaired) electrons. The van der Waals surface area contributed by atoms with E-state index in [4.69, 9.17) is 4.74 Å². The molecule has 0 saturated carbocycles. The van der Waals surface area contributed by atoms with Gasteiger partial charge in [-0.05, 0) is 49.4 Å². The van der Waals surface area contributed by atoms with Crippen molar-refractivity contribution in [3.63, 3.8) is 0 Å². The fourth-order valence-electron chi connectivity index (χ4n) is 3.03. The summed E-state index contributed by atoms with van der Waals surface area (Å²) in [7, 11) is 0. The maximum Gasteiger partial charge on any atom is 0.253 e. The van der Waals surface area contributed by atoms with E-state index in [1.165, 1.54) is 28.3 Å². The molecule has 2 aromatic heterocycles. The highest BCUT2D eigenvalue weighted by Gasteiger charge is 2.08. The van der Waals surface area contributed by atoms with Gasteiger partial charge < -0.3 is 10.1 Å². The van der Waals surface area contributed by atoms with Gasteiger partial charge in [0.15, 0.2) is 0 Å². The molecule has 0 aliphatic rings. The van der Waals surface area contributed by atoms with Gasteiger partial charge >= 0.3 is 0 Å². The summed E-state index contributed by atoms with van der Waals surface area (Å²) in [4.78, 5) is 33.4. The molecule has 0 fully saturated rings. The molecule has 2 heterocycles. The molecule has 0 saturated heterocycles. The van der Waals surface area contributed by atoms with Crippen LogP contribution in [-0.4, -0.2) is 33.6 Å². The van der Waals surface area contributed by atoms with E-state index in [-0.39, 0.29) is 11.5 Å². The molecule has 7 nitrogen and oxygen atoms in total. The van der Waals surface area contributed by atoms with E-state index in [2.05, 4.69) is 15.3 Å². The summed E-state index contributed by atoms with van der Waals surface area (Å²) in [5, 5.41) is 2.84.